The van der Waals surface area contributed by atoms with Gasteiger partial charge in [-0.2, -0.15) is 18.2 Å². The average Bonchev–Trinajstić information content (AvgIpc) is 3.74. The third kappa shape index (κ3) is 8.10. The molecule has 1 aliphatic carbocycles. The van der Waals surface area contributed by atoms with Gasteiger partial charge < -0.3 is 9.47 Å². The molecule has 5 nitrogen and oxygen atoms in total. The Morgan fingerprint density at radius 2 is 1.37 bits per heavy atom. The lowest BCUT2D eigenvalue weighted by molar-refractivity contribution is -0.137. The number of carbonyl (C=O) groups excluding carboxylic acids is 1. The van der Waals surface area contributed by atoms with Crippen molar-refractivity contribution in [1.29, 1.82) is 0 Å². The zero-order valence-electron chi connectivity index (χ0n) is 26.3. The summed E-state index contributed by atoms with van der Waals surface area (Å²) in [7, 11) is 0. The summed E-state index contributed by atoms with van der Waals surface area (Å²) in [5.74, 6) is -0.0928. The number of carbonyl (C=O) groups is 1. The summed E-state index contributed by atoms with van der Waals surface area (Å²) in [6.45, 7) is 1.01. The maximum absolute atomic E-state index is 13.4. The van der Waals surface area contributed by atoms with Crippen molar-refractivity contribution in [2.45, 2.75) is 55.4 Å². The van der Waals surface area contributed by atoms with Crippen molar-refractivity contribution in [3.63, 3.8) is 0 Å². The van der Waals surface area contributed by atoms with Crippen LogP contribution in [0.2, 0.25) is 0 Å². The summed E-state index contributed by atoms with van der Waals surface area (Å²) in [6, 6.07) is 26.5. The van der Waals surface area contributed by atoms with E-state index in [-0.39, 0.29) is 23.1 Å². The van der Waals surface area contributed by atoms with E-state index in [9.17, 15) is 31.5 Å². The van der Waals surface area contributed by atoms with Gasteiger partial charge in [0.05, 0.1) is 5.56 Å². The molecule has 1 fully saturated rings. The van der Waals surface area contributed by atoms with E-state index >= 15 is 0 Å². The Morgan fingerprint density at radius 3 is 2.00 bits per heavy atom. The van der Waals surface area contributed by atoms with Crippen LogP contribution in [-0.4, -0.2) is 26.9 Å². The van der Waals surface area contributed by atoms with Gasteiger partial charge in [0.1, 0.15) is 17.7 Å². The van der Waals surface area contributed by atoms with Gasteiger partial charge in [0, 0.05) is 30.1 Å². The lowest BCUT2D eigenvalue weighted by Gasteiger charge is -2.23. The number of benzene rings is 4. The van der Waals surface area contributed by atoms with E-state index in [0.29, 0.717) is 42.4 Å². The second-order valence-electron chi connectivity index (χ2n) is 11.9. The molecule has 0 spiro atoms. The fourth-order valence-corrected chi connectivity index (χ4v) is 7.12. The molecule has 0 N–H and O–H groups in total. The first-order valence-electron chi connectivity index (χ1n) is 15.8. The Hall–Kier alpha value is -4.77. The predicted octanol–water partition coefficient (Wildman–Crippen LogP) is 8.65. The molecule has 1 amide bonds. The Kier molecular flexibility index (Phi) is 10.3. The third-order valence-electron chi connectivity index (χ3n) is 8.61. The molecule has 0 radical (unpaired) electrons. The molecule has 1 unspecified atom stereocenters. The maximum atomic E-state index is 13.4. The van der Waals surface area contributed by atoms with E-state index < -0.39 is 17.8 Å². The van der Waals surface area contributed by atoms with Crippen LogP contribution in [0.4, 0.5) is 22.0 Å². The van der Waals surface area contributed by atoms with E-state index in [2.05, 4.69) is 4.98 Å². The summed E-state index contributed by atoms with van der Waals surface area (Å²) < 4.78 is 65.4. The van der Waals surface area contributed by atoms with Crippen LogP contribution in [0.1, 0.15) is 46.8 Å². The Bertz CT molecular complexity index is 1960. The number of thioether (sulfide) groups is 1. The smallest absolute Gasteiger partial charge is 0.336 e. The third-order valence-corrected chi connectivity index (χ3v) is 9.63. The molecular formula is C38H32F5N3O2S. The van der Waals surface area contributed by atoms with Gasteiger partial charge in [-0.25, -0.2) is 8.78 Å². The van der Waals surface area contributed by atoms with Crippen LogP contribution in [0.5, 0.6) is 0 Å². The van der Waals surface area contributed by atoms with Gasteiger partial charge in [0.25, 0.3) is 5.56 Å². The highest BCUT2D eigenvalue weighted by molar-refractivity contribution is 7.98. The fourth-order valence-electron chi connectivity index (χ4n) is 6.11. The van der Waals surface area contributed by atoms with Gasteiger partial charge >= 0.3 is 6.18 Å². The number of aromatic nitrogens is 2. The SMILES string of the molecule is FC(F)(F)c1ccc(-c2ccccc2)cc1.O=C1C(n2c(SCc3ccc(F)cc3)nc(=O)c3c2CCC3)CCN1Cc1ccc(F)cc1. The second-order valence-corrected chi connectivity index (χ2v) is 12.8. The molecule has 4 aromatic carbocycles. The molecule has 7 rings (SSSR count). The van der Waals surface area contributed by atoms with Gasteiger partial charge in [-0.1, -0.05) is 78.5 Å². The normalized spacial score (nSPS) is 15.6. The summed E-state index contributed by atoms with van der Waals surface area (Å²) >= 11 is 1.40. The van der Waals surface area contributed by atoms with Crippen molar-refractivity contribution in [3.8, 4) is 11.1 Å². The highest BCUT2D eigenvalue weighted by Gasteiger charge is 2.37. The summed E-state index contributed by atoms with van der Waals surface area (Å²) in [6.07, 6.45) is -1.34. The molecule has 49 heavy (non-hydrogen) atoms. The molecule has 5 aromatic rings. The molecule has 2 aliphatic rings. The van der Waals surface area contributed by atoms with Crippen LogP contribution < -0.4 is 5.56 Å². The molecule has 0 bridgehead atoms. The van der Waals surface area contributed by atoms with E-state index in [1.165, 1.54) is 48.2 Å². The van der Waals surface area contributed by atoms with Crippen molar-refractivity contribution in [1.82, 2.24) is 14.5 Å². The topological polar surface area (TPSA) is 55.2 Å². The summed E-state index contributed by atoms with van der Waals surface area (Å²) in [4.78, 5) is 32.2. The monoisotopic (exact) mass is 689 g/mol. The number of hydrogen-bond acceptors (Lipinski definition) is 4. The van der Waals surface area contributed by atoms with E-state index in [1.54, 1.807) is 29.2 Å². The van der Waals surface area contributed by atoms with Crippen LogP contribution in [0.25, 0.3) is 11.1 Å². The standard InChI is InChI=1S/C25H23F2N3O2S.C13H9F3/c26-18-8-4-16(5-9-18)14-29-13-12-22(24(29)32)30-21-3-1-2-20(21)23(31)28-25(30)33-15-17-6-10-19(27)11-7-17;14-13(15,16)12-8-6-11(7-9-12)10-4-2-1-3-5-10/h4-11,22H,1-3,12-15H2;1-9H. The minimum Gasteiger partial charge on any atom is -0.336 e. The minimum absolute atomic E-state index is 0.0116. The molecular weight excluding hydrogens is 657 g/mol. The number of nitrogens with zero attached hydrogens (tertiary/aromatic N) is 3. The molecule has 1 atom stereocenters. The van der Waals surface area contributed by atoms with Gasteiger partial charge in [-0.3, -0.25) is 9.59 Å². The van der Waals surface area contributed by atoms with Crippen molar-refractivity contribution < 1.29 is 26.7 Å². The highest BCUT2D eigenvalue weighted by atomic mass is 32.2. The Balaban J connectivity index is 0.000000218. The van der Waals surface area contributed by atoms with Crippen LogP contribution in [0.3, 0.4) is 0 Å². The minimum atomic E-state index is -4.27. The lowest BCUT2D eigenvalue weighted by atomic mass is 10.0. The maximum Gasteiger partial charge on any atom is 0.416 e. The second kappa shape index (κ2) is 14.8. The van der Waals surface area contributed by atoms with Crippen molar-refractivity contribution in [2.24, 2.45) is 0 Å². The van der Waals surface area contributed by atoms with Crippen LogP contribution in [0.15, 0.2) is 113 Å². The fraction of sp³-hybridized carbons (Fsp3) is 0.237. The molecule has 1 saturated heterocycles. The number of alkyl halides is 3. The number of hydrogen-bond donors (Lipinski definition) is 0. The predicted molar refractivity (Wildman–Crippen MR) is 179 cm³/mol. The molecule has 1 aliphatic heterocycles. The quantitative estimate of drug-likeness (QED) is 0.0976. The summed E-state index contributed by atoms with van der Waals surface area (Å²) in [5, 5.41) is 0.534. The zero-order chi connectivity index (χ0) is 34.5. The van der Waals surface area contributed by atoms with Crippen LogP contribution in [0, 0.1) is 11.6 Å². The molecule has 252 valence electrons. The Morgan fingerprint density at radius 1 is 0.755 bits per heavy atom. The number of halogens is 5. The van der Waals surface area contributed by atoms with Gasteiger partial charge in [-0.05, 0) is 84.3 Å². The number of likely N-dealkylation sites (tertiary alicyclic amines) is 1. The number of fused-ring (bicyclic) bond motifs is 1. The molecule has 11 heteroatoms. The first-order valence-corrected chi connectivity index (χ1v) is 16.8. The number of rotatable bonds is 7. The Labute approximate surface area is 284 Å². The van der Waals surface area contributed by atoms with Crippen LogP contribution in [-0.2, 0) is 36.1 Å². The van der Waals surface area contributed by atoms with Crippen molar-refractivity contribution in [3.05, 3.63) is 153 Å². The van der Waals surface area contributed by atoms with E-state index in [0.717, 1.165) is 52.9 Å². The van der Waals surface area contributed by atoms with Gasteiger partial charge in [0.2, 0.25) is 5.91 Å². The average molecular weight is 690 g/mol. The first-order chi connectivity index (χ1) is 23.6. The molecule has 1 aromatic heterocycles. The zero-order valence-corrected chi connectivity index (χ0v) is 27.1. The van der Waals surface area contributed by atoms with E-state index in [4.69, 9.17) is 0 Å². The lowest BCUT2D eigenvalue weighted by Crippen LogP contribution is -2.31. The highest BCUT2D eigenvalue weighted by Crippen LogP contribution is 2.35. The van der Waals surface area contributed by atoms with Crippen molar-refractivity contribution in [2.75, 3.05) is 6.54 Å². The molecule has 2 heterocycles. The largest absolute Gasteiger partial charge is 0.416 e. The molecule has 0 saturated carbocycles. The van der Waals surface area contributed by atoms with E-state index in [1.807, 2.05) is 34.9 Å². The number of amides is 1. The van der Waals surface area contributed by atoms with Gasteiger partial charge in [0.15, 0.2) is 5.16 Å². The summed E-state index contributed by atoms with van der Waals surface area (Å²) in [5.41, 5.74) is 4.29. The first kappa shape index (κ1) is 34.1. The van der Waals surface area contributed by atoms with Crippen molar-refractivity contribution >= 4 is 17.7 Å². The van der Waals surface area contributed by atoms with Gasteiger partial charge in [-0.15, -0.1) is 0 Å². The van der Waals surface area contributed by atoms with Crippen LogP contribution >= 0.6 is 11.8 Å².